The fraction of sp³-hybridized carbons (Fsp3) is 0.143. The van der Waals surface area contributed by atoms with Gasteiger partial charge >= 0.3 is 0 Å². The number of halogens is 1. The number of nitrogens with one attached hydrogen (secondary N) is 3. The molecule has 0 saturated heterocycles. The van der Waals surface area contributed by atoms with Gasteiger partial charge in [-0.25, -0.2) is 14.4 Å². The first-order valence-electron chi connectivity index (χ1n) is 12.2. The van der Waals surface area contributed by atoms with Gasteiger partial charge in [0.15, 0.2) is 11.5 Å². The first kappa shape index (κ1) is 24.3. The second kappa shape index (κ2) is 9.69. The van der Waals surface area contributed by atoms with Crippen molar-refractivity contribution in [3.8, 4) is 34.0 Å². The van der Waals surface area contributed by atoms with Crippen LogP contribution >= 0.6 is 0 Å². The van der Waals surface area contributed by atoms with Gasteiger partial charge in [-0.05, 0) is 69.0 Å². The monoisotopic (exact) mass is 521 g/mol. The molecule has 0 radical (unpaired) electrons. The summed E-state index contributed by atoms with van der Waals surface area (Å²) in [5, 5.41) is 10.3. The lowest BCUT2D eigenvalue weighted by atomic mass is 10.1. The number of amides is 1. The normalized spacial score (nSPS) is 11.5. The van der Waals surface area contributed by atoms with Gasteiger partial charge in [0.1, 0.15) is 16.9 Å². The Hall–Kier alpha value is -5.03. The molecule has 0 aliphatic carbocycles. The van der Waals surface area contributed by atoms with Crippen LogP contribution in [0.2, 0.25) is 0 Å². The number of aromatic amines is 2. The molecule has 194 valence electrons. The summed E-state index contributed by atoms with van der Waals surface area (Å²) < 4.78 is 14.1. The van der Waals surface area contributed by atoms with E-state index >= 15 is 0 Å². The molecule has 5 heterocycles. The number of H-pyrrole nitrogens is 2. The van der Waals surface area contributed by atoms with Crippen molar-refractivity contribution < 1.29 is 9.18 Å². The molecule has 0 aliphatic rings. The number of likely N-dealkylation sites (N-methyl/N-ethyl adjacent to an activating group) is 1. The van der Waals surface area contributed by atoms with Crippen molar-refractivity contribution in [1.82, 2.24) is 40.0 Å². The van der Waals surface area contributed by atoms with Crippen LogP contribution in [0.15, 0.2) is 61.1 Å². The van der Waals surface area contributed by atoms with Crippen LogP contribution in [0, 0.1) is 12.7 Å². The minimum absolute atomic E-state index is 0.133. The van der Waals surface area contributed by atoms with E-state index in [0.717, 1.165) is 22.2 Å². The molecule has 0 saturated carbocycles. The summed E-state index contributed by atoms with van der Waals surface area (Å²) in [4.78, 5) is 35.7. The first-order chi connectivity index (χ1) is 18.8. The second-order valence-corrected chi connectivity index (χ2v) is 9.57. The number of carbonyl (C=O) groups excluding carboxylic acids is 1. The summed E-state index contributed by atoms with van der Waals surface area (Å²) >= 11 is 0. The number of hydrogen-bond acceptors (Lipinski definition) is 7. The van der Waals surface area contributed by atoms with Crippen molar-refractivity contribution in [2.45, 2.75) is 6.92 Å². The van der Waals surface area contributed by atoms with Crippen molar-refractivity contribution in [2.75, 3.05) is 26.0 Å². The van der Waals surface area contributed by atoms with Gasteiger partial charge in [-0.3, -0.25) is 19.9 Å². The van der Waals surface area contributed by atoms with Crippen LogP contribution in [0.3, 0.4) is 0 Å². The van der Waals surface area contributed by atoms with Crippen LogP contribution in [0.1, 0.15) is 5.56 Å². The Labute approximate surface area is 222 Å². The summed E-state index contributed by atoms with van der Waals surface area (Å²) in [6.07, 6.45) is 4.95. The Morgan fingerprint density at radius 1 is 0.974 bits per heavy atom. The van der Waals surface area contributed by atoms with Crippen LogP contribution in [-0.2, 0) is 4.79 Å². The van der Waals surface area contributed by atoms with Crippen molar-refractivity contribution in [3.05, 3.63) is 72.4 Å². The molecule has 5 aromatic heterocycles. The summed E-state index contributed by atoms with van der Waals surface area (Å²) in [6, 6.07) is 12.2. The van der Waals surface area contributed by atoms with Crippen LogP contribution in [0.5, 0.6) is 0 Å². The maximum Gasteiger partial charge on any atom is 0.238 e. The Morgan fingerprint density at radius 3 is 2.64 bits per heavy atom. The molecule has 0 aliphatic heterocycles. The lowest BCUT2D eigenvalue weighted by Gasteiger charge is -2.10. The number of rotatable bonds is 6. The van der Waals surface area contributed by atoms with Crippen LogP contribution in [0.4, 0.5) is 10.1 Å². The Balaban J connectivity index is 1.39. The second-order valence-electron chi connectivity index (χ2n) is 9.57. The highest BCUT2D eigenvalue weighted by Gasteiger charge is 2.18. The highest BCUT2D eigenvalue weighted by atomic mass is 19.1. The average molecular weight is 522 g/mol. The predicted molar refractivity (Wildman–Crippen MR) is 147 cm³/mol. The summed E-state index contributed by atoms with van der Waals surface area (Å²) in [7, 11) is 3.66. The van der Waals surface area contributed by atoms with Crippen molar-refractivity contribution in [3.63, 3.8) is 0 Å². The van der Waals surface area contributed by atoms with Crippen LogP contribution < -0.4 is 5.32 Å². The summed E-state index contributed by atoms with van der Waals surface area (Å²) in [5.74, 6) is 0.0446. The predicted octanol–water partition coefficient (Wildman–Crippen LogP) is 4.57. The van der Waals surface area contributed by atoms with Crippen LogP contribution in [-0.4, -0.2) is 66.6 Å². The SMILES string of the molecule is Cc1cc(F)cc(-c2nccc3[nH]c(-c4n[nH]c5ccc(-c6cncc(NC(=O)CN(C)C)c6)nc45)nc23)c1. The number of pyridine rings is 3. The average Bonchev–Trinajstić information content (AvgIpc) is 3.51. The third-order valence-electron chi connectivity index (χ3n) is 6.13. The van der Waals surface area contributed by atoms with Gasteiger partial charge in [-0.2, -0.15) is 5.10 Å². The summed E-state index contributed by atoms with van der Waals surface area (Å²) in [6.45, 7) is 2.10. The smallest absolute Gasteiger partial charge is 0.238 e. The molecule has 10 nitrogen and oxygen atoms in total. The Bertz CT molecular complexity index is 1840. The van der Waals surface area contributed by atoms with Gasteiger partial charge in [0.2, 0.25) is 5.91 Å². The number of nitrogens with zero attached hydrogens (tertiary/aromatic N) is 6. The van der Waals surface area contributed by atoms with E-state index in [9.17, 15) is 9.18 Å². The van der Waals surface area contributed by atoms with Crippen molar-refractivity contribution in [2.24, 2.45) is 0 Å². The van der Waals surface area contributed by atoms with E-state index in [4.69, 9.17) is 9.97 Å². The fourth-order valence-corrected chi connectivity index (χ4v) is 4.49. The minimum Gasteiger partial charge on any atom is -0.336 e. The number of benzene rings is 1. The van der Waals surface area contributed by atoms with E-state index in [1.54, 1.807) is 23.5 Å². The topological polar surface area (TPSA) is 128 Å². The molecule has 0 atom stereocenters. The highest BCUT2D eigenvalue weighted by molar-refractivity contribution is 5.95. The van der Waals surface area contributed by atoms with E-state index in [0.29, 0.717) is 45.2 Å². The van der Waals surface area contributed by atoms with E-state index < -0.39 is 0 Å². The molecular formula is C28H24FN9O. The van der Waals surface area contributed by atoms with E-state index in [2.05, 4.69) is 30.5 Å². The molecule has 0 unspecified atom stereocenters. The number of carbonyl (C=O) groups is 1. The molecule has 3 N–H and O–H groups in total. The van der Waals surface area contributed by atoms with Gasteiger partial charge < -0.3 is 15.2 Å². The molecule has 0 fully saturated rings. The minimum atomic E-state index is -0.328. The van der Waals surface area contributed by atoms with Crippen molar-refractivity contribution in [1.29, 1.82) is 0 Å². The zero-order valence-electron chi connectivity index (χ0n) is 21.5. The summed E-state index contributed by atoms with van der Waals surface area (Å²) in [5.41, 5.74) is 7.24. The molecule has 0 spiro atoms. The molecule has 6 rings (SSSR count). The number of aromatic nitrogens is 7. The van der Waals surface area contributed by atoms with E-state index in [1.807, 2.05) is 51.4 Å². The number of fused-ring (bicyclic) bond motifs is 2. The van der Waals surface area contributed by atoms with Crippen molar-refractivity contribution >= 4 is 33.7 Å². The number of hydrogen-bond donors (Lipinski definition) is 3. The fourth-order valence-electron chi connectivity index (χ4n) is 4.49. The molecule has 39 heavy (non-hydrogen) atoms. The Kier molecular flexibility index (Phi) is 6.04. The maximum atomic E-state index is 14.1. The van der Waals surface area contributed by atoms with E-state index in [1.165, 1.54) is 12.1 Å². The number of anilines is 1. The zero-order chi connectivity index (χ0) is 27.1. The number of aryl methyl sites for hydroxylation is 1. The van der Waals surface area contributed by atoms with Crippen LogP contribution in [0.25, 0.3) is 56.1 Å². The maximum absolute atomic E-state index is 14.1. The van der Waals surface area contributed by atoms with Gasteiger partial charge in [0, 0.05) is 23.5 Å². The standard InChI is InChI=1S/C28H24FN9O/c1-15-8-16(10-18(29)9-15)24-25-21(6-7-31-24)34-28(35-25)27-26-22(36-37-27)5-4-20(33-26)17-11-19(13-30-12-17)32-23(39)14-38(2)3/h4-13H,14H2,1-3H3,(H,32,39)(H,34,35)(H,36,37). The Morgan fingerprint density at radius 2 is 1.82 bits per heavy atom. The molecule has 0 bridgehead atoms. The molecule has 11 heteroatoms. The van der Waals surface area contributed by atoms with Gasteiger partial charge in [-0.1, -0.05) is 0 Å². The molecule has 6 aromatic rings. The quantitative estimate of drug-likeness (QED) is 0.293. The van der Waals surface area contributed by atoms with E-state index in [-0.39, 0.29) is 18.3 Å². The molecular weight excluding hydrogens is 497 g/mol. The third-order valence-corrected chi connectivity index (χ3v) is 6.13. The molecule has 1 aromatic carbocycles. The lowest BCUT2D eigenvalue weighted by molar-refractivity contribution is -0.116. The lowest BCUT2D eigenvalue weighted by Crippen LogP contribution is -2.27. The zero-order valence-corrected chi connectivity index (χ0v) is 21.5. The van der Waals surface area contributed by atoms with Gasteiger partial charge in [-0.15, -0.1) is 0 Å². The first-order valence-corrected chi connectivity index (χ1v) is 12.2. The largest absolute Gasteiger partial charge is 0.336 e. The van der Waals surface area contributed by atoms with Gasteiger partial charge in [0.05, 0.1) is 40.9 Å². The highest BCUT2D eigenvalue weighted by Crippen LogP contribution is 2.31. The van der Waals surface area contributed by atoms with Gasteiger partial charge in [0.25, 0.3) is 0 Å². The number of imidazole rings is 1. The molecule has 1 amide bonds. The third kappa shape index (κ3) is 4.82.